The SMILES string of the molecule is C(=Nc1ccc(-c2ccccc2)cc1)c1ccn(C2CCCC2)c1. The lowest BCUT2D eigenvalue weighted by Gasteiger charge is -2.10. The Kier molecular flexibility index (Phi) is 4.28. The van der Waals surface area contributed by atoms with E-state index in [1.54, 1.807) is 0 Å². The Morgan fingerprint density at radius 2 is 1.54 bits per heavy atom. The van der Waals surface area contributed by atoms with Crippen molar-refractivity contribution in [1.82, 2.24) is 4.57 Å². The van der Waals surface area contributed by atoms with Crippen molar-refractivity contribution in [3.8, 4) is 11.1 Å². The van der Waals surface area contributed by atoms with Gasteiger partial charge in [-0.2, -0.15) is 0 Å². The fourth-order valence-corrected chi connectivity index (χ4v) is 3.46. The molecule has 0 aliphatic heterocycles. The van der Waals surface area contributed by atoms with Crippen LogP contribution in [0.3, 0.4) is 0 Å². The van der Waals surface area contributed by atoms with Gasteiger partial charge in [-0.1, -0.05) is 55.3 Å². The first-order valence-corrected chi connectivity index (χ1v) is 8.75. The van der Waals surface area contributed by atoms with Gasteiger partial charge in [0.1, 0.15) is 0 Å². The third-order valence-electron chi connectivity index (χ3n) is 4.82. The maximum atomic E-state index is 4.61. The number of rotatable bonds is 4. The molecule has 0 N–H and O–H groups in total. The van der Waals surface area contributed by atoms with Gasteiger partial charge in [-0.3, -0.25) is 4.99 Å². The highest BCUT2D eigenvalue weighted by Crippen LogP contribution is 2.29. The lowest BCUT2D eigenvalue weighted by Crippen LogP contribution is -2.00. The average molecular weight is 314 g/mol. The first-order valence-electron chi connectivity index (χ1n) is 8.75. The van der Waals surface area contributed by atoms with Crippen LogP contribution in [0.1, 0.15) is 37.3 Å². The van der Waals surface area contributed by atoms with E-state index in [1.807, 2.05) is 12.3 Å². The number of hydrogen-bond donors (Lipinski definition) is 0. The monoisotopic (exact) mass is 314 g/mol. The Labute approximate surface area is 143 Å². The molecule has 0 saturated heterocycles. The summed E-state index contributed by atoms with van der Waals surface area (Å²) in [5, 5.41) is 0. The van der Waals surface area contributed by atoms with Gasteiger partial charge < -0.3 is 4.57 Å². The molecule has 0 bridgehead atoms. The molecular weight excluding hydrogens is 292 g/mol. The summed E-state index contributed by atoms with van der Waals surface area (Å²) in [5.41, 5.74) is 4.63. The molecule has 0 unspecified atom stereocenters. The Hall–Kier alpha value is -2.61. The van der Waals surface area contributed by atoms with Crippen molar-refractivity contribution in [2.24, 2.45) is 4.99 Å². The zero-order valence-corrected chi connectivity index (χ0v) is 13.8. The molecule has 1 heterocycles. The van der Waals surface area contributed by atoms with E-state index in [1.165, 1.54) is 42.4 Å². The summed E-state index contributed by atoms with van der Waals surface area (Å²) in [5.74, 6) is 0. The maximum absolute atomic E-state index is 4.61. The molecular formula is C22H22N2. The molecule has 1 fully saturated rings. The minimum atomic E-state index is 0.692. The van der Waals surface area contributed by atoms with Crippen LogP contribution in [0.15, 0.2) is 78.0 Å². The average Bonchev–Trinajstić information content (AvgIpc) is 3.33. The van der Waals surface area contributed by atoms with Gasteiger partial charge in [0.05, 0.1) is 5.69 Å². The quantitative estimate of drug-likeness (QED) is 0.524. The molecule has 1 saturated carbocycles. The van der Waals surface area contributed by atoms with Gasteiger partial charge in [-0.15, -0.1) is 0 Å². The van der Waals surface area contributed by atoms with E-state index in [9.17, 15) is 0 Å². The lowest BCUT2D eigenvalue weighted by atomic mass is 10.1. The fraction of sp³-hybridized carbons (Fsp3) is 0.227. The Bertz CT molecular complexity index is 807. The van der Waals surface area contributed by atoms with Crippen molar-refractivity contribution in [1.29, 1.82) is 0 Å². The first-order chi connectivity index (χ1) is 11.9. The van der Waals surface area contributed by atoms with E-state index >= 15 is 0 Å². The summed E-state index contributed by atoms with van der Waals surface area (Å²) in [4.78, 5) is 4.61. The molecule has 0 amide bonds. The first kappa shape index (κ1) is 14.9. The summed E-state index contributed by atoms with van der Waals surface area (Å²) in [7, 11) is 0. The summed E-state index contributed by atoms with van der Waals surface area (Å²) in [6.45, 7) is 0. The van der Waals surface area contributed by atoms with Crippen LogP contribution < -0.4 is 0 Å². The van der Waals surface area contributed by atoms with Gasteiger partial charge >= 0.3 is 0 Å². The second-order valence-electron chi connectivity index (χ2n) is 6.50. The molecule has 2 nitrogen and oxygen atoms in total. The highest BCUT2D eigenvalue weighted by atomic mass is 15.0. The van der Waals surface area contributed by atoms with Gasteiger partial charge in [0, 0.05) is 30.2 Å². The smallest absolute Gasteiger partial charge is 0.0630 e. The number of benzene rings is 2. The zero-order chi connectivity index (χ0) is 16.2. The highest BCUT2D eigenvalue weighted by molar-refractivity contribution is 5.82. The van der Waals surface area contributed by atoms with E-state index in [4.69, 9.17) is 0 Å². The van der Waals surface area contributed by atoms with E-state index in [2.05, 4.69) is 76.6 Å². The minimum absolute atomic E-state index is 0.692. The number of nitrogens with zero attached hydrogens (tertiary/aromatic N) is 2. The minimum Gasteiger partial charge on any atom is -0.351 e. The molecule has 2 heteroatoms. The molecule has 1 aromatic heterocycles. The van der Waals surface area contributed by atoms with E-state index in [0.29, 0.717) is 6.04 Å². The largest absolute Gasteiger partial charge is 0.351 e. The van der Waals surface area contributed by atoms with Crippen LogP contribution in [0.5, 0.6) is 0 Å². The summed E-state index contributed by atoms with van der Waals surface area (Å²) in [6.07, 6.45) is 11.7. The fourth-order valence-electron chi connectivity index (χ4n) is 3.46. The van der Waals surface area contributed by atoms with Crippen LogP contribution in [0.25, 0.3) is 11.1 Å². The van der Waals surface area contributed by atoms with Crippen molar-refractivity contribution in [3.05, 3.63) is 78.6 Å². The van der Waals surface area contributed by atoms with Crippen molar-refractivity contribution < 1.29 is 0 Å². The molecule has 4 rings (SSSR count). The van der Waals surface area contributed by atoms with E-state index < -0.39 is 0 Å². The zero-order valence-electron chi connectivity index (χ0n) is 13.8. The van der Waals surface area contributed by atoms with Crippen molar-refractivity contribution in [2.45, 2.75) is 31.7 Å². The summed E-state index contributed by atoms with van der Waals surface area (Å²) < 4.78 is 2.35. The van der Waals surface area contributed by atoms with Crippen LogP contribution in [0.4, 0.5) is 5.69 Å². The van der Waals surface area contributed by atoms with E-state index in [0.717, 1.165) is 5.69 Å². The Morgan fingerprint density at radius 3 is 2.29 bits per heavy atom. The molecule has 1 aliphatic carbocycles. The molecule has 0 radical (unpaired) electrons. The van der Waals surface area contributed by atoms with Crippen LogP contribution in [0.2, 0.25) is 0 Å². The van der Waals surface area contributed by atoms with E-state index in [-0.39, 0.29) is 0 Å². The van der Waals surface area contributed by atoms with Crippen molar-refractivity contribution in [3.63, 3.8) is 0 Å². The normalized spacial score (nSPS) is 15.3. The highest BCUT2D eigenvalue weighted by Gasteiger charge is 2.15. The lowest BCUT2D eigenvalue weighted by molar-refractivity contribution is 0.521. The van der Waals surface area contributed by atoms with Gasteiger partial charge in [-0.05, 0) is 42.2 Å². The Balaban J connectivity index is 1.46. The van der Waals surface area contributed by atoms with Gasteiger partial charge in [-0.25, -0.2) is 0 Å². The molecule has 0 spiro atoms. The molecule has 120 valence electrons. The summed E-state index contributed by atoms with van der Waals surface area (Å²) >= 11 is 0. The molecule has 3 aromatic rings. The van der Waals surface area contributed by atoms with Crippen LogP contribution in [0, 0.1) is 0 Å². The predicted octanol–water partition coefficient (Wildman–Crippen LogP) is 6.02. The predicted molar refractivity (Wildman–Crippen MR) is 101 cm³/mol. The molecule has 24 heavy (non-hydrogen) atoms. The third-order valence-corrected chi connectivity index (χ3v) is 4.82. The number of aliphatic imine (C=N–C) groups is 1. The van der Waals surface area contributed by atoms with Gasteiger partial charge in [0.15, 0.2) is 0 Å². The number of hydrogen-bond acceptors (Lipinski definition) is 1. The standard InChI is InChI=1S/C22H22N2/c1-2-6-19(7-3-1)20-10-12-21(13-11-20)23-16-18-14-15-24(17-18)22-8-4-5-9-22/h1-3,6-7,10-17,22H,4-5,8-9H2. The van der Waals surface area contributed by atoms with Crippen LogP contribution in [-0.2, 0) is 0 Å². The molecule has 2 aromatic carbocycles. The van der Waals surface area contributed by atoms with Crippen LogP contribution >= 0.6 is 0 Å². The molecule has 0 atom stereocenters. The molecule has 1 aliphatic rings. The summed E-state index contributed by atoms with van der Waals surface area (Å²) in [6, 6.07) is 21.7. The third kappa shape index (κ3) is 3.33. The van der Waals surface area contributed by atoms with Crippen LogP contribution in [-0.4, -0.2) is 10.8 Å². The van der Waals surface area contributed by atoms with Crippen molar-refractivity contribution in [2.75, 3.05) is 0 Å². The topological polar surface area (TPSA) is 17.3 Å². The van der Waals surface area contributed by atoms with Gasteiger partial charge in [0.25, 0.3) is 0 Å². The Morgan fingerprint density at radius 1 is 0.833 bits per heavy atom. The van der Waals surface area contributed by atoms with Crippen molar-refractivity contribution >= 4 is 11.9 Å². The second-order valence-corrected chi connectivity index (χ2v) is 6.50. The number of aromatic nitrogens is 1. The van der Waals surface area contributed by atoms with Gasteiger partial charge in [0.2, 0.25) is 0 Å². The second kappa shape index (κ2) is 6.88. The maximum Gasteiger partial charge on any atom is 0.0630 e.